The lowest BCUT2D eigenvalue weighted by atomic mass is 9.98. The summed E-state index contributed by atoms with van der Waals surface area (Å²) in [5.41, 5.74) is -2.43. The van der Waals surface area contributed by atoms with Crippen molar-refractivity contribution in [1.82, 2.24) is 0 Å². The Morgan fingerprint density at radius 3 is 2.08 bits per heavy atom. The number of hydrogen-bond donors (Lipinski definition) is 1. The lowest BCUT2D eigenvalue weighted by molar-refractivity contribution is -0.274. The third kappa shape index (κ3) is 4.18. The number of aromatic carboxylic acids is 1. The molecule has 0 aliphatic carbocycles. The number of carboxylic acids is 1. The summed E-state index contributed by atoms with van der Waals surface area (Å²) in [7, 11) is 0. The predicted molar refractivity (Wildman–Crippen MR) is 70.5 cm³/mol. The lowest BCUT2D eigenvalue weighted by Crippen LogP contribution is -2.17. The van der Waals surface area contributed by atoms with Crippen molar-refractivity contribution in [3.63, 3.8) is 0 Å². The highest BCUT2D eigenvalue weighted by molar-refractivity contribution is 5.90. The monoisotopic (exact) mass is 350 g/mol. The molecule has 0 saturated carbocycles. The van der Waals surface area contributed by atoms with E-state index in [1.165, 1.54) is 12.1 Å². The van der Waals surface area contributed by atoms with Crippen LogP contribution in [0, 0.1) is 0 Å². The summed E-state index contributed by atoms with van der Waals surface area (Å²) in [6.45, 7) is 0. The second-order valence-electron chi connectivity index (χ2n) is 4.64. The molecule has 0 atom stereocenters. The molecule has 2 aromatic carbocycles. The van der Waals surface area contributed by atoms with Gasteiger partial charge >= 0.3 is 18.5 Å². The zero-order chi connectivity index (χ0) is 18.1. The summed E-state index contributed by atoms with van der Waals surface area (Å²) in [5, 5.41) is 8.82. The number of benzene rings is 2. The summed E-state index contributed by atoms with van der Waals surface area (Å²) in [6, 6.07) is 6.74. The van der Waals surface area contributed by atoms with E-state index in [2.05, 4.69) is 4.74 Å². The minimum atomic E-state index is -4.94. The average Bonchev–Trinajstić information content (AvgIpc) is 2.44. The molecule has 0 bridgehead atoms. The van der Waals surface area contributed by atoms with Gasteiger partial charge < -0.3 is 9.84 Å². The Morgan fingerprint density at radius 1 is 0.917 bits per heavy atom. The molecule has 9 heteroatoms. The molecule has 2 rings (SSSR count). The van der Waals surface area contributed by atoms with Crippen molar-refractivity contribution in [2.24, 2.45) is 0 Å². The largest absolute Gasteiger partial charge is 0.573 e. The fraction of sp³-hybridized carbons (Fsp3) is 0.133. The fourth-order valence-corrected chi connectivity index (χ4v) is 2.02. The van der Waals surface area contributed by atoms with Gasteiger partial charge in [0.1, 0.15) is 5.75 Å². The van der Waals surface area contributed by atoms with Crippen molar-refractivity contribution in [1.29, 1.82) is 0 Å². The van der Waals surface area contributed by atoms with Crippen molar-refractivity contribution < 1.29 is 41.0 Å². The lowest BCUT2D eigenvalue weighted by Gasteiger charge is -2.13. The van der Waals surface area contributed by atoms with Gasteiger partial charge in [-0.2, -0.15) is 13.2 Å². The van der Waals surface area contributed by atoms with Crippen molar-refractivity contribution in [3.05, 3.63) is 53.6 Å². The summed E-state index contributed by atoms with van der Waals surface area (Å²) >= 11 is 0. The molecule has 0 aliphatic heterocycles. The van der Waals surface area contributed by atoms with Gasteiger partial charge in [-0.25, -0.2) is 4.79 Å². The van der Waals surface area contributed by atoms with Gasteiger partial charge in [0.15, 0.2) is 0 Å². The van der Waals surface area contributed by atoms with Gasteiger partial charge in [0.05, 0.1) is 11.1 Å². The van der Waals surface area contributed by atoms with Gasteiger partial charge in [0.2, 0.25) is 0 Å². The quantitative estimate of drug-likeness (QED) is 0.795. The van der Waals surface area contributed by atoms with Crippen LogP contribution in [-0.4, -0.2) is 17.4 Å². The van der Waals surface area contributed by atoms with Crippen LogP contribution in [0.3, 0.4) is 0 Å². The smallest absolute Gasteiger partial charge is 0.478 e. The molecule has 0 aliphatic rings. The van der Waals surface area contributed by atoms with E-state index in [9.17, 15) is 31.1 Å². The third-order valence-corrected chi connectivity index (χ3v) is 2.96. The van der Waals surface area contributed by atoms with E-state index in [0.29, 0.717) is 6.07 Å². The van der Waals surface area contributed by atoms with Crippen LogP contribution in [0.25, 0.3) is 11.1 Å². The summed E-state index contributed by atoms with van der Waals surface area (Å²) in [5.74, 6) is -2.36. The molecule has 0 amide bonds. The Morgan fingerprint density at radius 2 is 1.54 bits per heavy atom. The molecule has 3 nitrogen and oxygen atoms in total. The molecule has 2 aromatic rings. The van der Waals surface area contributed by atoms with Crippen LogP contribution in [0.2, 0.25) is 0 Å². The van der Waals surface area contributed by atoms with E-state index in [4.69, 9.17) is 5.11 Å². The molecule has 0 aromatic heterocycles. The zero-order valence-electron chi connectivity index (χ0n) is 11.6. The first-order valence-electron chi connectivity index (χ1n) is 6.28. The van der Waals surface area contributed by atoms with Gasteiger partial charge in [-0.1, -0.05) is 18.2 Å². The third-order valence-electron chi connectivity index (χ3n) is 2.96. The second-order valence-corrected chi connectivity index (χ2v) is 4.64. The summed E-state index contributed by atoms with van der Waals surface area (Å²) in [6.07, 6.45) is -9.87. The van der Waals surface area contributed by atoms with Crippen molar-refractivity contribution in [3.8, 4) is 16.9 Å². The summed E-state index contributed by atoms with van der Waals surface area (Å²) in [4.78, 5) is 10.9. The SMILES string of the molecule is O=C(O)c1ccc(-c2cccc(OC(F)(F)F)c2)cc1C(F)(F)F. The first-order chi connectivity index (χ1) is 11.0. The topological polar surface area (TPSA) is 46.5 Å². The highest BCUT2D eigenvalue weighted by atomic mass is 19.4. The Kier molecular flexibility index (Phi) is 4.46. The number of ether oxygens (including phenoxy) is 1. The second kappa shape index (κ2) is 6.06. The highest BCUT2D eigenvalue weighted by Crippen LogP contribution is 2.36. The number of carbonyl (C=O) groups is 1. The molecule has 24 heavy (non-hydrogen) atoms. The number of carboxylic acid groups (broad SMARTS) is 1. The van der Waals surface area contributed by atoms with E-state index in [-0.39, 0.29) is 11.1 Å². The van der Waals surface area contributed by atoms with E-state index >= 15 is 0 Å². The maximum absolute atomic E-state index is 13.0. The van der Waals surface area contributed by atoms with Crippen LogP contribution in [-0.2, 0) is 6.18 Å². The van der Waals surface area contributed by atoms with Gasteiger partial charge in [-0.3, -0.25) is 0 Å². The average molecular weight is 350 g/mol. The molecule has 1 N–H and O–H groups in total. The maximum atomic E-state index is 13.0. The number of alkyl halides is 6. The molecule has 0 heterocycles. The van der Waals surface area contributed by atoms with Gasteiger partial charge in [0.25, 0.3) is 0 Å². The van der Waals surface area contributed by atoms with Crippen LogP contribution in [0.5, 0.6) is 5.75 Å². The minimum absolute atomic E-state index is 0.0131. The van der Waals surface area contributed by atoms with E-state index in [1.54, 1.807) is 0 Å². The van der Waals surface area contributed by atoms with Crippen LogP contribution in [0.4, 0.5) is 26.3 Å². The predicted octanol–water partition coefficient (Wildman–Crippen LogP) is 4.97. The Hall–Kier alpha value is -2.71. The van der Waals surface area contributed by atoms with E-state index in [1.807, 2.05) is 0 Å². The fourth-order valence-electron chi connectivity index (χ4n) is 2.02. The van der Waals surface area contributed by atoms with Crippen LogP contribution >= 0.6 is 0 Å². The molecule has 0 saturated heterocycles. The van der Waals surface area contributed by atoms with Crippen LogP contribution < -0.4 is 4.74 Å². The van der Waals surface area contributed by atoms with Gasteiger partial charge in [0, 0.05) is 0 Å². The molecular weight excluding hydrogens is 342 g/mol. The first-order valence-corrected chi connectivity index (χ1v) is 6.28. The maximum Gasteiger partial charge on any atom is 0.573 e. The Bertz CT molecular complexity index is 765. The van der Waals surface area contributed by atoms with Crippen molar-refractivity contribution in [2.45, 2.75) is 12.5 Å². The van der Waals surface area contributed by atoms with Gasteiger partial charge in [-0.15, -0.1) is 13.2 Å². The molecule has 0 unspecified atom stereocenters. The normalized spacial score (nSPS) is 12.1. The van der Waals surface area contributed by atoms with Crippen LogP contribution in [0.15, 0.2) is 42.5 Å². The van der Waals surface area contributed by atoms with E-state index in [0.717, 1.165) is 24.3 Å². The number of hydrogen-bond acceptors (Lipinski definition) is 2. The highest BCUT2D eigenvalue weighted by Gasteiger charge is 2.35. The summed E-state index contributed by atoms with van der Waals surface area (Å²) < 4.78 is 79.2. The Balaban J connectivity index is 2.50. The van der Waals surface area contributed by atoms with Crippen molar-refractivity contribution >= 4 is 5.97 Å². The minimum Gasteiger partial charge on any atom is -0.478 e. The molecular formula is C15H8F6O3. The molecule has 0 spiro atoms. The van der Waals surface area contributed by atoms with Crippen LogP contribution in [0.1, 0.15) is 15.9 Å². The number of rotatable bonds is 3. The number of halogens is 6. The Labute approximate surface area is 131 Å². The molecule has 0 radical (unpaired) electrons. The molecule has 0 fully saturated rings. The molecule has 128 valence electrons. The van der Waals surface area contributed by atoms with E-state index < -0.39 is 35.4 Å². The first kappa shape index (κ1) is 17.6. The van der Waals surface area contributed by atoms with Crippen molar-refractivity contribution in [2.75, 3.05) is 0 Å². The zero-order valence-corrected chi connectivity index (χ0v) is 11.6. The standard InChI is InChI=1S/C15H8F6O3/c16-14(17,18)12-7-9(4-5-11(12)13(22)23)8-2-1-3-10(6-8)24-15(19,20)21/h1-7H,(H,22,23). The van der Waals surface area contributed by atoms with Gasteiger partial charge in [-0.05, 0) is 35.4 Å².